The Bertz CT molecular complexity index is 4170. The third kappa shape index (κ3) is 25.4. The van der Waals surface area contributed by atoms with E-state index in [2.05, 4.69) is 135 Å². The molecule has 10 heterocycles. The minimum atomic E-state index is -0.906. The minimum absolute atomic E-state index is 0.00603. The number of aryl methyl sites for hydroxylation is 1. The molecule has 20 N–H and O–H groups in total. The zero-order valence-corrected chi connectivity index (χ0v) is 57.8. The summed E-state index contributed by atoms with van der Waals surface area (Å²) in [6.07, 6.45) is 22.2. The smallest absolute Gasteiger partial charge is 0.222 e. The van der Waals surface area contributed by atoms with Crippen LogP contribution in [0.25, 0.3) is 61.2 Å². The second-order valence-corrected chi connectivity index (χ2v) is 23.5. The summed E-state index contributed by atoms with van der Waals surface area (Å²) in [6, 6.07) is 13.8. The first-order chi connectivity index (χ1) is 48.9. The summed E-state index contributed by atoms with van der Waals surface area (Å²) < 4.78 is 25.0. The van der Waals surface area contributed by atoms with E-state index in [1.807, 2.05) is 30.5 Å². The highest BCUT2D eigenvalue weighted by molar-refractivity contribution is 5.90. The van der Waals surface area contributed by atoms with E-state index in [-0.39, 0.29) is 99.7 Å². The lowest BCUT2D eigenvalue weighted by molar-refractivity contribution is 0.252. The Hall–Kier alpha value is -10.4. The average molecular weight is 1390 g/mol. The molecule has 0 fully saturated rings. The first kappa shape index (κ1) is 79.6. The summed E-state index contributed by atoms with van der Waals surface area (Å²) in [7, 11) is 0. The lowest BCUT2D eigenvalue weighted by Gasteiger charge is -2.18. The molecular weight excluding hydrogens is 1300 g/mol. The van der Waals surface area contributed by atoms with Crippen LogP contribution in [0.5, 0.6) is 0 Å². The topological polar surface area (TPSA) is 485 Å². The van der Waals surface area contributed by atoms with Crippen molar-refractivity contribution < 1.29 is 34.3 Å². The number of unbranched alkanes of at least 4 members (excludes halogenated alkanes) is 3. The van der Waals surface area contributed by atoms with Crippen LogP contribution in [-0.4, -0.2) is 176 Å². The fraction of sp³-hybridized carbons (Fsp3) is 0.435. The van der Waals surface area contributed by atoms with Gasteiger partial charge in [-0.05, 0) is 131 Å². The maximum atomic E-state index is 12.9. The van der Waals surface area contributed by atoms with Crippen LogP contribution in [0.2, 0.25) is 0 Å². The SMILES string of the molecule is C=CCC[C@H](CO)Nc1nc(N)nc2cccnc12.C=Cc1cnc2c(N[C@@H](CO)CCCC)nc(N)nc2c1.CC(F)CC[C@H](CO)Nc1nc(N)nc2cccnc12.CCCC[C@H](CO)Nc1nc(N)nc2cc(CC)cnc12.Nc1nc(N[C@@H](CO)CCCCF)c2ncccc2n1. The Balaban J connectivity index is 0.000000199. The van der Waals surface area contributed by atoms with E-state index < -0.39 is 6.17 Å². The number of hydrogen-bond donors (Lipinski definition) is 15. The van der Waals surface area contributed by atoms with Crippen molar-refractivity contribution in [2.75, 3.05) is 95.0 Å². The highest BCUT2D eigenvalue weighted by atomic mass is 19.1. The van der Waals surface area contributed by atoms with Gasteiger partial charge in [0.15, 0.2) is 29.1 Å². The Morgan fingerprint density at radius 2 is 0.782 bits per heavy atom. The van der Waals surface area contributed by atoms with Crippen molar-refractivity contribution in [2.45, 2.75) is 154 Å². The van der Waals surface area contributed by atoms with Crippen LogP contribution in [0.15, 0.2) is 98.7 Å². The molecule has 0 amide bonds. The third-order valence-corrected chi connectivity index (χ3v) is 15.4. The number of pyridine rings is 5. The molecule has 32 heteroatoms. The number of allylic oxidation sites excluding steroid dienone is 1. The van der Waals surface area contributed by atoms with Crippen LogP contribution in [0.1, 0.15) is 122 Å². The molecule has 6 atom stereocenters. The van der Waals surface area contributed by atoms with Gasteiger partial charge in [0.1, 0.15) is 27.6 Å². The van der Waals surface area contributed by atoms with Gasteiger partial charge in [-0.25, -0.2) is 29.3 Å². The van der Waals surface area contributed by atoms with Gasteiger partial charge in [0.25, 0.3) is 0 Å². The van der Waals surface area contributed by atoms with Crippen LogP contribution in [0, 0.1) is 0 Å². The summed E-state index contributed by atoms with van der Waals surface area (Å²) in [5.74, 6) is 3.50. The number of nitrogens with zero attached hydrogens (tertiary/aromatic N) is 15. The second-order valence-electron chi connectivity index (χ2n) is 23.5. The lowest BCUT2D eigenvalue weighted by atomic mass is 10.1. The van der Waals surface area contributed by atoms with Crippen LogP contribution in [-0.2, 0) is 6.42 Å². The number of halogens is 2. The van der Waals surface area contributed by atoms with E-state index in [4.69, 9.17) is 28.7 Å². The molecule has 10 aromatic heterocycles. The molecule has 10 aromatic rings. The first-order valence-corrected chi connectivity index (χ1v) is 33.7. The predicted molar refractivity (Wildman–Crippen MR) is 399 cm³/mol. The maximum Gasteiger partial charge on any atom is 0.222 e. The van der Waals surface area contributed by atoms with Crippen molar-refractivity contribution in [1.29, 1.82) is 0 Å². The minimum Gasteiger partial charge on any atom is -0.394 e. The van der Waals surface area contributed by atoms with Crippen LogP contribution in [0.3, 0.4) is 0 Å². The van der Waals surface area contributed by atoms with Crippen molar-refractivity contribution in [3.05, 3.63) is 110 Å². The Kier molecular flexibility index (Phi) is 33.5. The molecule has 101 heavy (non-hydrogen) atoms. The van der Waals surface area contributed by atoms with E-state index in [0.717, 1.165) is 74.4 Å². The number of nitrogens with one attached hydrogen (secondary N) is 5. The molecule has 0 aliphatic rings. The fourth-order valence-electron chi connectivity index (χ4n) is 10.0. The van der Waals surface area contributed by atoms with Gasteiger partial charge in [-0.15, -0.1) is 6.58 Å². The van der Waals surface area contributed by atoms with E-state index in [0.29, 0.717) is 111 Å². The van der Waals surface area contributed by atoms with Crippen LogP contribution in [0.4, 0.5) is 67.6 Å². The molecule has 0 radical (unpaired) electrons. The quantitative estimate of drug-likeness (QED) is 0.0135. The van der Waals surface area contributed by atoms with E-state index in [1.54, 1.807) is 61.2 Å². The van der Waals surface area contributed by atoms with Gasteiger partial charge in [-0.3, -0.25) is 29.3 Å². The van der Waals surface area contributed by atoms with Crippen LogP contribution >= 0.6 is 0 Å². The number of aromatic nitrogens is 15. The van der Waals surface area contributed by atoms with Crippen molar-refractivity contribution in [1.82, 2.24) is 74.8 Å². The maximum absolute atomic E-state index is 12.9. The average Bonchev–Trinajstić information content (AvgIpc) is 0.840. The molecule has 10 rings (SSSR count). The molecule has 0 aliphatic carbocycles. The van der Waals surface area contributed by atoms with Gasteiger partial charge in [-0.1, -0.05) is 65.2 Å². The van der Waals surface area contributed by atoms with Crippen LogP contribution < -0.4 is 55.3 Å². The number of nitrogens with two attached hydrogens (primary N) is 5. The first-order valence-electron chi connectivity index (χ1n) is 33.7. The number of anilines is 10. The fourth-order valence-corrected chi connectivity index (χ4v) is 10.0. The zero-order chi connectivity index (χ0) is 73.1. The Labute approximate surface area is 585 Å². The predicted octanol–water partition coefficient (Wildman–Crippen LogP) is 8.73. The molecule has 0 saturated carbocycles. The molecule has 30 nitrogen and oxygen atoms in total. The normalized spacial score (nSPS) is 12.7. The molecule has 0 bridgehead atoms. The van der Waals surface area contributed by atoms with Gasteiger partial charge in [0.05, 0.1) is 104 Å². The summed E-state index contributed by atoms with van der Waals surface area (Å²) in [5.41, 5.74) is 37.0. The number of alkyl halides is 2. The zero-order valence-electron chi connectivity index (χ0n) is 57.8. The van der Waals surface area contributed by atoms with E-state index in [9.17, 15) is 34.3 Å². The standard InChI is InChI=1S/C15H23N5O.C15H21N5O.2C13H18FN5O.C13H17N5O/c2*1-3-5-6-11(9-21)18-14-13-12(19-15(16)20-14)7-10(4-2)8-17-13;1-8(14)4-5-9(7-20)17-12-11-10(3-2-6-16-11)18-13(15)19-12;14-6-2-1-4-9(8-20)17-12-11-10(5-3-7-16-11)18-13(15)19-12;1-2-3-5-9(8-19)16-12-11-10(6-4-7-15-11)17-13(14)18-12/h7-8,11,21H,3-6,9H2,1-2H3,(H3,16,18,19,20);4,7-8,11,21H,2-3,5-6,9H2,1H3,(H3,16,18,19,20);2-3,6,8-9,20H,4-5,7H2,1H3,(H3,15,17,18,19);3,5,7,9,20H,1-2,4,6,8H2,(H3,15,17,18,19);2,4,6-7,9,19H,1,3,5,8H2,(H3,14,16,17,18)/t2*11-;8?,9-;2*9-/m11111/s1. The molecule has 0 aromatic carbocycles. The number of aliphatic hydroxyl groups is 5. The van der Waals surface area contributed by atoms with Crippen molar-refractivity contribution in [2.24, 2.45) is 0 Å². The Morgan fingerprint density at radius 1 is 0.436 bits per heavy atom. The number of aliphatic hydroxyl groups excluding tert-OH is 5. The molecule has 0 saturated heterocycles. The number of fused-ring (bicyclic) bond motifs is 5. The highest BCUT2D eigenvalue weighted by Crippen LogP contribution is 2.27. The second kappa shape index (κ2) is 42.5. The molecule has 542 valence electrons. The largest absolute Gasteiger partial charge is 0.394 e. The molecule has 0 aliphatic heterocycles. The third-order valence-electron chi connectivity index (χ3n) is 15.4. The summed E-state index contributed by atoms with van der Waals surface area (Å²) in [5, 5.41) is 62.8. The van der Waals surface area contributed by atoms with Gasteiger partial charge < -0.3 is 80.8 Å². The molecular formula is C69H97F2N25O5. The molecule has 0 spiro atoms. The van der Waals surface area contributed by atoms with E-state index in [1.165, 1.54) is 6.92 Å². The summed E-state index contributed by atoms with van der Waals surface area (Å²) in [6.45, 7) is 14.8. The number of nitrogen functional groups attached to an aromatic ring is 5. The van der Waals surface area contributed by atoms with Gasteiger partial charge >= 0.3 is 0 Å². The van der Waals surface area contributed by atoms with Crippen molar-refractivity contribution in [3.63, 3.8) is 0 Å². The van der Waals surface area contributed by atoms with Crippen molar-refractivity contribution in [3.8, 4) is 0 Å². The molecule has 1 unspecified atom stereocenters. The summed E-state index contributed by atoms with van der Waals surface area (Å²) >= 11 is 0. The van der Waals surface area contributed by atoms with Gasteiger partial charge in [0, 0.05) is 31.0 Å². The van der Waals surface area contributed by atoms with E-state index >= 15 is 0 Å². The monoisotopic (exact) mass is 1390 g/mol. The van der Waals surface area contributed by atoms with Crippen molar-refractivity contribution >= 4 is 120 Å². The highest BCUT2D eigenvalue weighted by Gasteiger charge is 2.19. The van der Waals surface area contributed by atoms with Gasteiger partial charge in [0.2, 0.25) is 29.7 Å². The Morgan fingerprint density at radius 3 is 1.13 bits per heavy atom. The lowest BCUT2D eigenvalue weighted by Crippen LogP contribution is -2.25. The summed E-state index contributed by atoms with van der Waals surface area (Å²) in [4.78, 5) is 63.0. The van der Waals surface area contributed by atoms with Gasteiger partial charge in [-0.2, -0.15) is 24.9 Å². The number of rotatable bonds is 33. The number of hydrogen-bond acceptors (Lipinski definition) is 30.